The predicted molar refractivity (Wildman–Crippen MR) is 124 cm³/mol. The van der Waals surface area contributed by atoms with E-state index in [0.29, 0.717) is 12.0 Å². The average molecular weight is 510 g/mol. The second-order valence-electron chi connectivity index (χ2n) is 6.79. The summed E-state index contributed by atoms with van der Waals surface area (Å²) in [6.07, 6.45) is 7.45. The van der Waals surface area contributed by atoms with Crippen LogP contribution in [0.3, 0.4) is 0 Å². The minimum absolute atomic E-state index is 0.239. The first-order chi connectivity index (χ1) is 16.0. The Morgan fingerprint density at radius 3 is 2.30 bits per heavy atom. The SMILES string of the molecule is Brc1ccc2ncnn2c1.CCc1cc(C(=O)OC)c(OC)nc1-c1ccc2ncnn2c1. The van der Waals surface area contributed by atoms with Crippen LogP contribution in [-0.2, 0) is 11.2 Å². The van der Waals surface area contributed by atoms with Crippen molar-refractivity contribution in [1.82, 2.24) is 34.2 Å². The predicted octanol–water partition coefficient (Wildman–Crippen LogP) is 3.64. The molecule has 0 fully saturated rings. The number of halogens is 1. The molecule has 0 amide bonds. The fourth-order valence-electron chi connectivity index (χ4n) is 3.22. The number of aryl methyl sites for hydroxylation is 1. The van der Waals surface area contributed by atoms with E-state index in [4.69, 9.17) is 9.47 Å². The zero-order valence-electron chi connectivity index (χ0n) is 18.1. The Morgan fingerprint density at radius 1 is 1.00 bits per heavy atom. The second kappa shape index (κ2) is 9.74. The highest BCUT2D eigenvalue weighted by Gasteiger charge is 2.19. The van der Waals surface area contributed by atoms with E-state index in [2.05, 4.69) is 41.1 Å². The van der Waals surface area contributed by atoms with Crippen LogP contribution in [0.25, 0.3) is 22.6 Å². The summed E-state index contributed by atoms with van der Waals surface area (Å²) in [5.41, 5.74) is 4.47. The Bertz CT molecular complexity index is 1430. The van der Waals surface area contributed by atoms with E-state index >= 15 is 0 Å². The average Bonchev–Trinajstić information content (AvgIpc) is 3.51. The third-order valence-corrected chi connectivity index (χ3v) is 5.30. The van der Waals surface area contributed by atoms with E-state index in [1.54, 1.807) is 15.1 Å². The van der Waals surface area contributed by atoms with Gasteiger partial charge in [0.1, 0.15) is 18.2 Å². The molecular formula is C22H20BrN7O3. The summed E-state index contributed by atoms with van der Waals surface area (Å²) < 4.78 is 14.4. The monoisotopic (exact) mass is 509 g/mol. The van der Waals surface area contributed by atoms with Crippen molar-refractivity contribution >= 4 is 33.2 Å². The van der Waals surface area contributed by atoms with Gasteiger partial charge in [0.05, 0.1) is 19.9 Å². The highest BCUT2D eigenvalue weighted by Crippen LogP contribution is 2.28. The van der Waals surface area contributed by atoms with Crippen LogP contribution in [-0.4, -0.2) is 54.4 Å². The van der Waals surface area contributed by atoms with Crippen LogP contribution in [0, 0.1) is 0 Å². The first-order valence-corrected chi connectivity index (χ1v) is 10.7. The molecule has 0 saturated heterocycles. The van der Waals surface area contributed by atoms with E-state index in [9.17, 15) is 4.79 Å². The van der Waals surface area contributed by atoms with Gasteiger partial charge in [-0.15, -0.1) is 0 Å². The summed E-state index contributed by atoms with van der Waals surface area (Å²) in [5.74, 6) is -0.231. The van der Waals surface area contributed by atoms with Crippen LogP contribution in [0.15, 0.2) is 59.9 Å². The van der Waals surface area contributed by atoms with Gasteiger partial charge >= 0.3 is 5.97 Å². The Kier molecular flexibility index (Phi) is 6.59. The molecule has 5 heterocycles. The number of ether oxygens (including phenoxy) is 2. The molecule has 10 nitrogen and oxygen atoms in total. The molecule has 5 aromatic heterocycles. The molecule has 0 spiro atoms. The molecule has 0 aliphatic rings. The maximum absolute atomic E-state index is 11.9. The molecule has 33 heavy (non-hydrogen) atoms. The number of aromatic nitrogens is 7. The zero-order chi connectivity index (χ0) is 23.4. The van der Waals surface area contributed by atoms with Gasteiger partial charge in [0.15, 0.2) is 11.3 Å². The summed E-state index contributed by atoms with van der Waals surface area (Å²) >= 11 is 3.33. The van der Waals surface area contributed by atoms with Gasteiger partial charge in [-0.05, 0) is 58.2 Å². The van der Waals surface area contributed by atoms with Crippen molar-refractivity contribution in [3.05, 3.63) is 71.0 Å². The van der Waals surface area contributed by atoms with Crippen molar-refractivity contribution < 1.29 is 14.3 Å². The summed E-state index contributed by atoms with van der Waals surface area (Å²) in [4.78, 5) is 24.5. The fraction of sp³-hybridized carbons (Fsp3) is 0.182. The Hall–Kier alpha value is -3.86. The van der Waals surface area contributed by atoms with Crippen molar-refractivity contribution in [2.24, 2.45) is 0 Å². The second-order valence-corrected chi connectivity index (χ2v) is 7.70. The van der Waals surface area contributed by atoms with E-state index in [0.717, 1.165) is 32.6 Å². The van der Waals surface area contributed by atoms with Gasteiger partial charge in [-0.3, -0.25) is 0 Å². The van der Waals surface area contributed by atoms with E-state index < -0.39 is 5.97 Å². The number of carbonyl (C=O) groups is 1. The molecular weight excluding hydrogens is 490 g/mol. The molecule has 0 aliphatic carbocycles. The quantitative estimate of drug-likeness (QED) is 0.337. The summed E-state index contributed by atoms with van der Waals surface area (Å²) in [5, 5.41) is 8.09. The molecule has 5 rings (SSSR count). The number of hydrogen-bond acceptors (Lipinski definition) is 8. The third-order valence-electron chi connectivity index (χ3n) is 4.83. The van der Waals surface area contributed by atoms with Crippen molar-refractivity contribution in [2.45, 2.75) is 13.3 Å². The number of nitrogens with zero attached hydrogens (tertiary/aromatic N) is 7. The normalized spacial score (nSPS) is 10.7. The van der Waals surface area contributed by atoms with Gasteiger partial charge in [-0.25, -0.2) is 28.8 Å². The fourth-order valence-corrected chi connectivity index (χ4v) is 3.54. The molecule has 0 aromatic carbocycles. The molecule has 168 valence electrons. The minimum Gasteiger partial charge on any atom is -0.480 e. The topological polar surface area (TPSA) is 109 Å². The maximum atomic E-state index is 11.9. The lowest BCUT2D eigenvalue weighted by atomic mass is 10.0. The minimum atomic E-state index is -0.470. The highest BCUT2D eigenvalue weighted by atomic mass is 79.9. The Morgan fingerprint density at radius 2 is 1.67 bits per heavy atom. The first-order valence-electron chi connectivity index (χ1n) is 9.95. The lowest BCUT2D eigenvalue weighted by Gasteiger charge is -2.13. The first kappa shape index (κ1) is 22.3. The number of fused-ring (bicyclic) bond motifs is 2. The molecule has 0 radical (unpaired) electrons. The van der Waals surface area contributed by atoms with Crippen LogP contribution in [0.4, 0.5) is 0 Å². The van der Waals surface area contributed by atoms with Gasteiger partial charge in [0.2, 0.25) is 5.88 Å². The van der Waals surface area contributed by atoms with Crippen molar-refractivity contribution in [3.63, 3.8) is 0 Å². The number of esters is 1. The number of rotatable bonds is 4. The van der Waals surface area contributed by atoms with E-state index in [-0.39, 0.29) is 5.88 Å². The molecule has 0 unspecified atom stereocenters. The van der Waals surface area contributed by atoms with Gasteiger partial charge in [-0.1, -0.05) is 6.92 Å². The molecule has 11 heteroatoms. The van der Waals surface area contributed by atoms with Gasteiger partial charge in [0.25, 0.3) is 0 Å². The molecule has 0 aliphatic heterocycles. The van der Waals surface area contributed by atoms with Crippen LogP contribution >= 0.6 is 15.9 Å². The Labute approximate surface area is 197 Å². The number of hydrogen-bond donors (Lipinski definition) is 0. The van der Waals surface area contributed by atoms with Gasteiger partial charge in [-0.2, -0.15) is 10.2 Å². The van der Waals surface area contributed by atoms with Crippen molar-refractivity contribution in [2.75, 3.05) is 14.2 Å². The van der Waals surface area contributed by atoms with Crippen LogP contribution in [0.1, 0.15) is 22.8 Å². The van der Waals surface area contributed by atoms with Crippen LogP contribution in [0.2, 0.25) is 0 Å². The van der Waals surface area contributed by atoms with E-state index in [1.807, 2.05) is 43.6 Å². The van der Waals surface area contributed by atoms with Crippen LogP contribution in [0.5, 0.6) is 5.88 Å². The Balaban J connectivity index is 0.000000214. The van der Waals surface area contributed by atoms with Gasteiger partial charge in [0, 0.05) is 22.4 Å². The number of pyridine rings is 3. The van der Waals surface area contributed by atoms with Gasteiger partial charge < -0.3 is 9.47 Å². The maximum Gasteiger partial charge on any atom is 0.343 e. The molecule has 5 aromatic rings. The molecule has 0 atom stereocenters. The summed E-state index contributed by atoms with van der Waals surface area (Å²) in [7, 11) is 2.81. The highest BCUT2D eigenvalue weighted by molar-refractivity contribution is 9.10. The number of carbonyl (C=O) groups excluding carboxylic acids is 1. The summed E-state index contributed by atoms with van der Waals surface area (Å²) in [6.45, 7) is 2.00. The number of methoxy groups -OCH3 is 2. The van der Waals surface area contributed by atoms with Crippen LogP contribution < -0.4 is 4.74 Å². The van der Waals surface area contributed by atoms with E-state index in [1.165, 1.54) is 26.9 Å². The molecule has 0 N–H and O–H groups in total. The zero-order valence-corrected chi connectivity index (χ0v) is 19.7. The van der Waals surface area contributed by atoms with Crippen molar-refractivity contribution in [1.29, 1.82) is 0 Å². The molecule has 0 bridgehead atoms. The lowest BCUT2D eigenvalue weighted by molar-refractivity contribution is 0.0596. The van der Waals surface area contributed by atoms with Crippen molar-refractivity contribution in [3.8, 4) is 17.1 Å². The third kappa shape index (κ3) is 4.67. The summed E-state index contributed by atoms with van der Waals surface area (Å²) in [6, 6.07) is 9.38. The molecule has 0 saturated carbocycles. The lowest BCUT2D eigenvalue weighted by Crippen LogP contribution is -2.08. The smallest absolute Gasteiger partial charge is 0.343 e. The largest absolute Gasteiger partial charge is 0.480 e. The standard InChI is InChI=1S/C16H16N4O3.C6H4BrN3/c1-4-10-7-12(16(21)23-3)15(22-2)19-14(10)11-5-6-13-17-9-18-20(13)8-11;7-5-1-2-6-8-4-9-10(6)3-5/h5-9H,4H2,1-3H3;1-4H.